The van der Waals surface area contributed by atoms with Gasteiger partial charge in [0, 0.05) is 37.1 Å². The van der Waals surface area contributed by atoms with Crippen LogP contribution in [0, 0.1) is 6.92 Å². The van der Waals surface area contributed by atoms with Crippen LogP contribution in [0.3, 0.4) is 0 Å². The smallest absolute Gasteiger partial charge is 0.328 e. The topological polar surface area (TPSA) is 77.2 Å². The van der Waals surface area contributed by atoms with Gasteiger partial charge in [-0.05, 0) is 31.2 Å². The van der Waals surface area contributed by atoms with Gasteiger partial charge in [0.15, 0.2) is 0 Å². The molecular formula is C15H17N3O3. The van der Waals surface area contributed by atoms with Crippen LogP contribution >= 0.6 is 0 Å². The second-order valence-corrected chi connectivity index (χ2v) is 4.55. The summed E-state index contributed by atoms with van der Waals surface area (Å²) in [6.07, 6.45) is 4.95. The highest BCUT2D eigenvalue weighted by Gasteiger charge is 2.05. The van der Waals surface area contributed by atoms with Crippen LogP contribution in [-0.2, 0) is 18.3 Å². The maximum absolute atomic E-state index is 10.6. The van der Waals surface area contributed by atoms with E-state index in [0.29, 0.717) is 24.5 Å². The van der Waals surface area contributed by atoms with Gasteiger partial charge in [-0.1, -0.05) is 0 Å². The molecule has 0 aromatic carbocycles. The molecule has 0 aliphatic rings. The molecule has 0 radical (unpaired) electrons. The average Bonchev–Trinajstić information content (AvgIpc) is 2.84. The van der Waals surface area contributed by atoms with Gasteiger partial charge < -0.3 is 9.84 Å². The number of pyridine rings is 1. The second kappa shape index (κ2) is 6.69. The number of carbonyl (C=O) groups is 1. The number of hydrogen-bond donors (Lipinski definition) is 1. The van der Waals surface area contributed by atoms with Crippen LogP contribution in [0.4, 0.5) is 0 Å². The zero-order valence-corrected chi connectivity index (χ0v) is 12.0. The van der Waals surface area contributed by atoms with Crippen LogP contribution in [0.25, 0.3) is 6.08 Å². The van der Waals surface area contributed by atoms with Gasteiger partial charge in [0.05, 0.1) is 6.61 Å². The summed E-state index contributed by atoms with van der Waals surface area (Å²) in [6, 6.07) is 5.56. The van der Waals surface area contributed by atoms with Crippen molar-refractivity contribution < 1.29 is 14.6 Å². The van der Waals surface area contributed by atoms with Crippen molar-refractivity contribution in [1.82, 2.24) is 14.8 Å². The lowest BCUT2D eigenvalue weighted by Crippen LogP contribution is -2.07. The molecule has 6 heteroatoms. The van der Waals surface area contributed by atoms with Gasteiger partial charge in [0.25, 0.3) is 0 Å². The second-order valence-electron chi connectivity index (χ2n) is 4.55. The summed E-state index contributed by atoms with van der Waals surface area (Å²) in [5.74, 6) is -0.445. The number of rotatable bonds is 6. The van der Waals surface area contributed by atoms with Crippen molar-refractivity contribution in [3.63, 3.8) is 0 Å². The Labute approximate surface area is 122 Å². The highest BCUT2D eigenvalue weighted by molar-refractivity contribution is 5.85. The molecule has 0 bridgehead atoms. The fraction of sp³-hybridized carbons (Fsp3) is 0.267. The fourth-order valence-corrected chi connectivity index (χ4v) is 1.87. The van der Waals surface area contributed by atoms with Crippen LogP contribution in [0.5, 0.6) is 5.75 Å². The minimum absolute atomic E-state index is 0.470. The fourth-order valence-electron chi connectivity index (χ4n) is 1.87. The van der Waals surface area contributed by atoms with Crippen LogP contribution in [0.2, 0.25) is 0 Å². The lowest BCUT2D eigenvalue weighted by molar-refractivity contribution is -0.131. The molecule has 0 amide bonds. The van der Waals surface area contributed by atoms with E-state index < -0.39 is 5.97 Å². The maximum Gasteiger partial charge on any atom is 0.328 e. The Kier molecular flexibility index (Phi) is 4.71. The van der Waals surface area contributed by atoms with Gasteiger partial charge in [-0.3, -0.25) is 4.68 Å². The number of aliphatic carboxylic acids is 1. The van der Waals surface area contributed by atoms with Crippen LogP contribution in [0.15, 0.2) is 30.5 Å². The molecule has 0 aliphatic heterocycles. The summed E-state index contributed by atoms with van der Waals surface area (Å²) in [5, 5.41) is 12.8. The minimum Gasteiger partial charge on any atom is -0.491 e. The van der Waals surface area contributed by atoms with E-state index in [0.717, 1.165) is 17.5 Å². The molecule has 0 saturated carbocycles. The van der Waals surface area contributed by atoms with Crippen molar-refractivity contribution in [2.45, 2.75) is 13.3 Å². The molecule has 2 aromatic rings. The molecular weight excluding hydrogens is 270 g/mol. The number of ether oxygens (including phenoxy) is 1. The van der Waals surface area contributed by atoms with E-state index >= 15 is 0 Å². The highest BCUT2D eigenvalue weighted by Crippen LogP contribution is 2.18. The lowest BCUT2D eigenvalue weighted by Gasteiger charge is -2.09. The molecule has 0 aliphatic carbocycles. The molecule has 110 valence electrons. The molecule has 1 N–H and O–H groups in total. The summed E-state index contributed by atoms with van der Waals surface area (Å²) in [7, 11) is 1.88. The summed E-state index contributed by atoms with van der Waals surface area (Å²) in [4.78, 5) is 14.9. The minimum atomic E-state index is -1.01. The predicted octanol–water partition coefficient (Wildman–Crippen LogP) is 1.84. The zero-order valence-electron chi connectivity index (χ0n) is 12.0. The monoisotopic (exact) mass is 287 g/mol. The van der Waals surface area contributed by atoms with E-state index in [1.54, 1.807) is 16.9 Å². The molecule has 0 fully saturated rings. The predicted molar refractivity (Wildman–Crippen MR) is 78.1 cm³/mol. The van der Waals surface area contributed by atoms with Gasteiger partial charge in [-0.25, -0.2) is 9.78 Å². The SMILES string of the molecule is Cc1ccc(OCCc2ccnn2C)c(/C=C/C(=O)O)n1. The Bertz CT molecular complexity index is 662. The largest absolute Gasteiger partial charge is 0.491 e. The van der Waals surface area contributed by atoms with Gasteiger partial charge >= 0.3 is 5.97 Å². The summed E-state index contributed by atoms with van der Waals surface area (Å²) in [6.45, 7) is 2.32. The highest BCUT2D eigenvalue weighted by atomic mass is 16.5. The molecule has 2 rings (SSSR count). The number of nitrogens with zero attached hydrogens (tertiary/aromatic N) is 3. The standard InChI is InChI=1S/C15H17N3O3/c1-11-3-5-14(13(17-11)4-6-15(19)20)21-10-8-12-7-9-16-18(12)2/h3-7,9H,8,10H2,1-2H3,(H,19,20)/b6-4+. The van der Waals surface area contributed by atoms with E-state index in [2.05, 4.69) is 10.1 Å². The van der Waals surface area contributed by atoms with E-state index in [4.69, 9.17) is 9.84 Å². The molecule has 21 heavy (non-hydrogen) atoms. The van der Waals surface area contributed by atoms with Gasteiger partial charge in [-0.15, -0.1) is 0 Å². The Balaban J connectivity index is 2.05. The van der Waals surface area contributed by atoms with Crippen molar-refractivity contribution in [3.05, 3.63) is 47.6 Å². The Morgan fingerprint density at radius 3 is 2.90 bits per heavy atom. The summed E-state index contributed by atoms with van der Waals surface area (Å²) in [5.41, 5.74) is 2.39. The average molecular weight is 287 g/mol. The Hall–Kier alpha value is -2.63. The van der Waals surface area contributed by atoms with Gasteiger partial charge in [0.2, 0.25) is 0 Å². The number of carboxylic acid groups (broad SMARTS) is 1. The molecule has 2 heterocycles. The van der Waals surface area contributed by atoms with Crippen LogP contribution < -0.4 is 4.74 Å². The first-order chi connectivity index (χ1) is 10.1. The third-order valence-electron chi connectivity index (χ3n) is 2.95. The molecule has 0 unspecified atom stereocenters. The first kappa shape index (κ1) is 14.8. The van der Waals surface area contributed by atoms with E-state index in [-0.39, 0.29) is 0 Å². The van der Waals surface area contributed by atoms with Crippen molar-refractivity contribution >= 4 is 12.0 Å². The third kappa shape index (κ3) is 4.17. The molecule has 6 nitrogen and oxygen atoms in total. The molecule has 0 saturated heterocycles. The van der Waals surface area contributed by atoms with Gasteiger partial charge in [-0.2, -0.15) is 5.10 Å². The lowest BCUT2D eigenvalue weighted by atomic mass is 10.2. The number of carboxylic acids is 1. The normalized spacial score (nSPS) is 11.0. The Morgan fingerprint density at radius 2 is 2.24 bits per heavy atom. The summed E-state index contributed by atoms with van der Waals surface area (Å²) >= 11 is 0. The number of aryl methyl sites for hydroxylation is 2. The number of aromatic nitrogens is 3. The third-order valence-corrected chi connectivity index (χ3v) is 2.95. The van der Waals surface area contributed by atoms with E-state index in [9.17, 15) is 4.79 Å². The molecule has 2 aromatic heterocycles. The van der Waals surface area contributed by atoms with Crippen molar-refractivity contribution in [3.8, 4) is 5.75 Å². The number of hydrogen-bond acceptors (Lipinski definition) is 4. The van der Waals surface area contributed by atoms with Crippen molar-refractivity contribution in [2.24, 2.45) is 7.05 Å². The molecule has 0 spiro atoms. The van der Waals surface area contributed by atoms with Crippen LogP contribution in [-0.4, -0.2) is 32.4 Å². The quantitative estimate of drug-likeness (QED) is 0.820. The first-order valence-corrected chi connectivity index (χ1v) is 6.54. The Morgan fingerprint density at radius 1 is 1.43 bits per heavy atom. The van der Waals surface area contributed by atoms with Crippen LogP contribution in [0.1, 0.15) is 17.1 Å². The maximum atomic E-state index is 10.6. The van der Waals surface area contributed by atoms with E-state index in [1.807, 2.05) is 26.1 Å². The first-order valence-electron chi connectivity index (χ1n) is 6.54. The van der Waals surface area contributed by atoms with Gasteiger partial charge in [0.1, 0.15) is 11.4 Å². The van der Waals surface area contributed by atoms with Crippen molar-refractivity contribution in [2.75, 3.05) is 6.61 Å². The van der Waals surface area contributed by atoms with Crippen molar-refractivity contribution in [1.29, 1.82) is 0 Å². The van der Waals surface area contributed by atoms with E-state index in [1.165, 1.54) is 6.08 Å². The zero-order chi connectivity index (χ0) is 15.2. The summed E-state index contributed by atoms with van der Waals surface area (Å²) < 4.78 is 7.50. The molecule has 0 atom stereocenters.